The Morgan fingerprint density at radius 3 is 2.79 bits per heavy atom. The molecule has 5 nitrogen and oxygen atoms in total. The van der Waals surface area contributed by atoms with Gasteiger partial charge in [-0.1, -0.05) is 15.9 Å². The molecular weight excluding hydrogens is 356 g/mol. The van der Waals surface area contributed by atoms with Crippen molar-refractivity contribution >= 4 is 35.7 Å². The number of hydrogen-bond donors (Lipinski definition) is 0. The van der Waals surface area contributed by atoms with E-state index in [1.54, 1.807) is 11.7 Å². The molecule has 0 aliphatic rings. The standard InChI is InChI=1S/C11H10BrClN2O3S/c1-18-9-2-3-10(12)8(4-9)5-15-6-11(14-7-15)19(13,16)17/h2-4,6-7H,5H2,1H3. The Bertz CT molecular complexity index is 700. The largest absolute Gasteiger partial charge is 0.497 e. The van der Waals surface area contributed by atoms with Crippen molar-refractivity contribution in [3.05, 3.63) is 40.8 Å². The fourth-order valence-electron chi connectivity index (χ4n) is 1.55. The van der Waals surface area contributed by atoms with Crippen LogP contribution >= 0.6 is 26.6 Å². The topological polar surface area (TPSA) is 61.2 Å². The summed E-state index contributed by atoms with van der Waals surface area (Å²) in [6.07, 6.45) is 2.80. The zero-order valence-electron chi connectivity index (χ0n) is 9.88. The van der Waals surface area contributed by atoms with Crippen molar-refractivity contribution in [2.24, 2.45) is 0 Å². The van der Waals surface area contributed by atoms with Gasteiger partial charge in [0.15, 0.2) is 5.03 Å². The van der Waals surface area contributed by atoms with Gasteiger partial charge in [-0.3, -0.25) is 0 Å². The number of ether oxygens (including phenoxy) is 1. The second kappa shape index (κ2) is 5.52. The smallest absolute Gasteiger partial charge is 0.280 e. The van der Waals surface area contributed by atoms with Crippen molar-refractivity contribution < 1.29 is 13.2 Å². The number of aromatic nitrogens is 2. The predicted octanol–water partition coefficient (Wildman–Crippen LogP) is 2.63. The second-order valence-electron chi connectivity index (χ2n) is 3.78. The zero-order chi connectivity index (χ0) is 14.0. The van der Waals surface area contributed by atoms with Gasteiger partial charge in [0.25, 0.3) is 9.05 Å². The van der Waals surface area contributed by atoms with E-state index in [0.29, 0.717) is 6.54 Å². The highest BCUT2D eigenvalue weighted by Gasteiger charge is 2.14. The van der Waals surface area contributed by atoms with Crippen LogP contribution in [0.25, 0.3) is 0 Å². The maximum absolute atomic E-state index is 11.1. The minimum Gasteiger partial charge on any atom is -0.497 e. The van der Waals surface area contributed by atoms with Gasteiger partial charge in [-0.05, 0) is 23.8 Å². The minimum atomic E-state index is -3.79. The van der Waals surface area contributed by atoms with Crippen molar-refractivity contribution in [2.75, 3.05) is 7.11 Å². The average molecular weight is 366 g/mol. The van der Waals surface area contributed by atoms with Gasteiger partial charge >= 0.3 is 0 Å². The van der Waals surface area contributed by atoms with Crippen molar-refractivity contribution in [1.82, 2.24) is 9.55 Å². The maximum atomic E-state index is 11.1. The number of halogens is 2. The first-order chi connectivity index (χ1) is 8.90. The van der Waals surface area contributed by atoms with E-state index in [0.717, 1.165) is 15.8 Å². The molecule has 0 amide bonds. The molecule has 0 fully saturated rings. The maximum Gasteiger partial charge on any atom is 0.280 e. The lowest BCUT2D eigenvalue weighted by Gasteiger charge is -2.07. The van der Waals surface area contributed by atoms with E-state index < -0.39 is 9.05 Å². The SMILES string of the molecule is COc1ccc(Br)c(Cn2cnc(S(=O)(=O)Cl)c2)c1. The van der Waals surface area contributed by atoms with Gasteiger partial charge < -0.3 is 9.30 Å². The zero-order valence-corrected chi connectivity index (χ0v) is 13.0. The van der Waals surface area contributed by atoms with Crippen LogP contribution in [0.4, 0.5) is 0 Å². The summed E-state index contributed by atoms with van der Waals surface area (Å²) in [5, 5.41) is -0.159. The van der Waals surface area contributed by atoms with Gasteiger partial charge in [-0.25, -0.2) is 13.4 Å². The van der Waals surface area contributed by atoms with Crippen molar-refractivity contribution in [3.8, 4) is 5.75 Å². The molecule has 0 saturated heterocycles. The van der Waals surface area contributed by atoms with Crippen LogP contribution in [-0.4, -0.2) is 25.1 Å². The molecule has 2 rings (SSSR count). The van der Waals surface area contributed by atoms with Gasteiger partial charge in [-0.15, -0.1) is 0 Å². The van der Waals surface area contributed by atoms with Crippen LogP contribution in [0.3, 0.4) is 0 Å². The molecule has 0 aliphatic carbocycles. The molecule has 0 spiro atoms. The quantitative estimate of drug-likeness (QED) is 0.782. The molecule has 0 aliphatic heterocycles. The van der Waals surface area contributed by atoms with Crippen LogP contribution in [0.1, 0.15) is 5.56 Å². The summed E-state index contributed by atoms with van der Waals surface area (Å²) in [4.78, 5) is 3.75. The van der Waals surface area contributed by atoms with Gasteiger partial charge in [0.2, 0.25) is 0 Å². The van der Waals surface area contributed by atoms with Crippen molar-refractivity contribution in [3.63, 3.8) is 0 Å². The molecule has 0 bridgehead atoms. The summed E-state index contributed by atoms with van der Waals surface area (Å²) in [7, 11) is 3.01. The molecule has 0 saturated carbocycles. The van der Waals surface area contributed by atoms with Crippen LogP contribution in [-0.2, 0) is 15.6 Å². The lowest BCUT2D eigenvalue weighted by Crippen LogP contribution is -1.98. The Morgan fingerprint density at radius 2 is 2.21 bits per heavy atom. The van der Waals surface area contributed by atoms with Crippen LogP contribution in [0.5, 0.6) is 5.75 Å². The molecule has 1 heterocycles. The highest BCUT2D eigenvalue weighted by Crippen LogP contribution is 2.23. The lowest BCUT2D eigenvalue weighted by atomic mass is 10.2. The molecule has 1 aromatic carbocycles. The number of hydrogen-bond acceptors (Lipinski definition) is 4. The summed E-state index contributed by atoms with van der Waals surface area (Å²) in [6, 6.07) is 5.55. The normalized spacial score (nSPS) is 11.5. The second-order valence-corrected chi connectivity index (χ2v) is 7.15. The van der Waals surface area contributed by atoms with Crippen LogP contribution in [0.2, 0.25) is 0 Å². The van der Waals surface area contributed by atoms with Gasteiger partial charge in [-0.2, -0.15) is 0 Å². The molecule has 19 heavy (non-hydrogen) atoms. The monoisotopic (exact) mass is 364 g/mol. The first-order valence-electron chi connectivity index (χ1n) is 5.19. The van der Waals surface area contributed by atoms with Gasteiger partial charge in [0, 0.05) is 27.9 Å². The molecule has 0 N–H and O–H groups in total. The molecule has 8 heteroatoms. The third kappa shape index (κ3) is 3.49. The Kier molecular flexibility index (Phi) is 4.17. The molecule has 0 unspecified atom stereocenters. The first-order valence-corrected chi connectivity index (χ1v) is 8.29. The first kappa shape index (κ1) is 14.4. The average Bonchev–Trinajstić information content (AvgIpc) is 2.80. The molecule has 1 aromatic heterocycles. The summed E-state index contributed by atoms with van der Waals surface area (Å²) in [5.41, 5.74) is 0.940. The Morgan fingerprint density at radius 1 is 1.47 bits per heavy atom. The summed E-state index contributed by atoms with van der Waals surface area (Å²) in [5.74, 6) is 0.725. The molecular formula is C11H10BrClN2O3S. The fourth-order valence-corrected chi connectivity index (χ4v) is 2.59. The number of nitrogens with zero attached hydrogens (tertiary/aromatic N) is 2. The summed E-state index contributed by atoms with van der Waals surface area (Å²) < 4.78 is 29.9. The number of methoxy groups -OCH3 is 1. The number of benzene rings is 1. The van der Waals surface area contributed by atoms with E-state index in [-0.39, 0.29) is 5.03 Å². The fraction of sp³-hybridized carbons (Fsp3) is 0.182. The Hall–Kier alpha value is -1.05. The minimum absolute atomic E-state index is 0.159. The Labute approximate surface area is 123 Å². The number of imidazole rings is 1. The van der Waals surface area contributed by atoms with Crippen molar-refractivity contribution in [2.45, 2.75) is 11.6 Å². The van der Waals surface area contributed by atoms with Crippen LogP contribution in [0.15, 0.2) is 40.2 Å². The van der Waals surface area contributed by atoms with Gasteiger partial charge in [0.05, 0.1) is 13.4 Å². The highest BCUT2D eigenvalue weighted by atomic mass is 79.9. The van der Waals surface area contributed by atoms with Crippen LogP contribution < -0.4 is 4.74 Å². The highest BCUT2D eigenvalue weighted by molar-refractivity contribution is 9.10. The van der Waals surface area contributed by atoms with E-state index in [2.05, 4.69) is 20.9 Å². The predicted molar refractivity (Wildman–Crippen MR) is 75.1 cm³/mol. The van der Waals surface area contributed by atoms with Gasteiger partial charge in [0.1, 0.15) is 5.75 Å². The Balaban J connectivity index is 2.29. The third-order valence-electron chi connectivity index (χ3n) is 2.47. The lowest BCUT2D eigenvalue weighted by molar-refractivity contribution is 0.414. The van der Waals surface area contributed by atoms with E-state index in [1.807, 2.05) is 18.2 Å². The summed E-state index contributed by atoms with van der Waals surface area (Å²) in [6.45, 7) is 0.456. The van der Waals surface area contributed by atoms with E-state index in [9.17, 15) is 8.42 Å². The third-order valence-corrected chi connectivity index (χ3v) is 4.42. The summed E-state index contributed by atoms with van der Waals surface area (Å²) >= 11 is 3.43. The molecule has 2 aromatic rings. The van der Waals surface area contributed by atoms with Crippen molar-refractivity contribution in [1.29, 1.82) is 0 Å². The van der Waals surface area contributed by atoms with E-state index in [4.69, 9.17) is 15.4 Å². The van der Waals surface area contributed by atoms with E-state index >= 15 is 0 Å². The van der Waals surface area contributed by atoms with E-state index in [1.165, 1.54) is 12.5 Å². The molecule has 0 atom stereocenters. The molecule has 0 radical (unpaired) electrons. The molecule has 102 valence electrons. The van der Waals surface area contributed by atoms with Crippen LogP contribution in [0, 0.1) is 0 Å². The number of rotatable bonds is 4.